The quantitative estimate of drug-likeness (QED) is 0.503. The fourth-order valence-electron chi connectivity index (χ4n) is 1.94. The van der Waals surface area contributed by atoms with Gasteiger partial charge in [-0.25, -0.2) is 0 Å². The zero-order valence-corrected chi connectivity index (χ0v) is 6.70. The molecular formula is C8H14N2O. The largest absolute Gasteiger partial charge is 0.378 e. The second-order valence-electron chi connectivity index (χ2n) is 3.30. The van der Waals surface area contributed by atoms with Crippen LogP contribution in [-0.4, -0.2) is 50.0 Å². The minimum Gasteiger partial charge on any atom is -0.378 e. The van der Waals surface area contributed by atoms with Gasteiger partial charge in [-0.05, 0) is 13.1 Å². The van der Waals surface area contributed by atoms with Gasteiger partial charge in [0, 0.05) is 19.1 Å². The fraction of sp³-hybridized carbons (Fsp3) is 0.875. The lowest BCUT2D eigenvalue weighted by Crippen LogP contribution is -2.40. The standard InChI is InChI=1S/C8H14N2O/c1-9-7-4-8-6-11-3-2-10(8)5-7/h7-8H,1-6H2/t7-,8?/m1/s1. The Bertz CT molecular complexity index is 146. The average Bonchev–Trinajstić information content (AvgIpc) is 2.46. The Morgan fingerprint density at radius 3 is 3.18 bits per heavy atom. The predicted octanol–water partition coefficient (Wildman–Crippen LogP) is 0.160. The molecule has 0 amide bonds. The van der Waals surface area contributed by atoms with Crippen LogP contribution in [0.1, 0.15) is 6.42 Å². The van der Waals surface area contributed by atoms with Gasteiger partial charge in [0.2, 0.25) is 0 Å². The third-order valence-corrected chi connectivity index (χ3v) is 2.60. The average molecular weight is 154 g/mol. The third-order valence-electron chi connectivity index (χ3n) is 2.60. The van der Waals surface area contributed by atoms with E-state index in [-0.39, 0.29) is 0 Å². The van der Waals surface area contributed by atoms with Crippen molar-refractivity contribution in [2.24, 2.45) is 4.99 Å². The van der Waals surface area contributed by atoms with Crippen LogP contribution in [0.5, 0.6) is 0 Å². The molecule has 0 radical (unpaired) electrons. The molecular weight excluding hydrogens is 140 g/mol. The number of aliphatic imine (C=N–C) groups is 1. The number of hydrogen-bond acceptors (Lipinski definition) is 3. The van der Waals surface area contributed by atoms with Crippen molar-refractivity contribution in [2.45, 2.75) is 18.5 Å². The van der Waals surface area contributed by atoms with Crippen molar-refractivity contribution in [3.8, 4) is 0 Å². The summed E-state index contributed by atoms with van der Waals surface area (Å²) < 4.78 is 5.37. The van der Waals surface area contributed by atoms with Crippen LogP contribution in [0.4, 0.5) is 0 Å². The number of rotatable bonds is 1. The summed E-state index contributed by atoms with van der Waals surface area (Å²) in [5.74, 6) is 0. The summed E-state index contributed by atoms with van der Waals surface area (Å²) in [5, 5.41) is 0. The molecule has 0 saturated carbocycles. The molecule has 2 rings (SSSR count). The summed E-state index contributed by atoms with van der Waals surface area (Å²) in [4.78, 5) is 6.53. The molecule has 11 heavy (non-hydrogen) atoms. The molecule has 2 aliphatic rings. The van der Waals surface area contributed by atoms with Crippen LogP contribution in [0, 0.1) is 0 Å². The van der Waals surface area contributed by atoms with Crippen LogP contribution >= 0.6 is 0 Å². The summed E-state index contributed by atoms with van der Waals surface area (Å²) in [6.07, 6.45) is 1.14. The number of morpholine rings is 1. The van der Waals surface area contributed by atoms with Gasteiger partial charge in [-0.1, -0.05) is 0 Å². The molecule has 0 N–H and O–H groups in total. The van der Waals surface area contributed by atoms with Gasteiger partial charge in [0.1, 0.15) is 0 Å². The highest BCUT2D eigenvalue weighted by Crippen LogP contribution is 2.22. The molecule has 2 fully saturated rings. The van der Waals surface area contributed by atoms with Gasteiger partial charge in [-0.15, -0.1) is 0 Å². The normalized spacial score (nSPS) is 38.5. The Morgan fingerprint density at radius 1 is 1.55 bits per heavy atom. The van der Waals surface area contributed by atoms with Crippen molar-refractivity contribution < 1.29 is 4.74 Å². The number of fused-ring (bicyclic) bond motifs is 1. The second kappa shape index (κ2) is 2.91. The fourth-order valence-corrected chi connectivity index (χ4v) is 1.94. The molecule has 3 nitrogen and oxygen atoms in total. The summed E-state index contributed by atoms with van der Waals surface area (Å²) in [6, 6.07) is 1.08. The summed E-state index contributed by atoms with van der Waals surface area (Å²) >= 11 is 0. The molecule has 0 aromatic heterocycles. The van der Waals surface area contributed by atoms with Crippen molar-refractivity contribution in [3.05, 3.63) is 0 Å². The van der Waals surface area contributed by atoms with Gasteiger partial charge < -0.3 is 4.74 Å². The molecule has 2 saturated heterocycles. The maximum absolute atomic E-state index is 5.37. The van der Waals surface area contributed by atoms with Crippen molar-refractivity contribution >= 4 is 6.72 Å². The highest BCUT2D eigenvalue weighted by atomic mass is 16.5. The monoisotopic (exact) mass is 154 g/mol. The highest BCUT2D eigenvalue weighted by molar-refractivity contribution is 5.24. The van der Waals surface area contributed by atoms with Crippen molar-refractivity contribution in [1.29, 1.82) is 0 Å². The maximum Gasteiger partial charge on any atom is 0.0635 e. The van der Waals surface area contributed by atoms with E-state index in [0.29, 0.717) is 12.1 Å². The number of ether oxygens (including phenoxy) is 1. The van der Waals surface area contributed by atoms with E-state index >= 15 is 0 Å². The Hall–Kier alpha value is -0.410. The van der Waals surface area contributed by atoms with Crippen LogP contribution in [0.15, 0.2) is 4.99 Å². The first-order valence-corrected chi connectivity index (χ1v) is 4.18. The lowest BCUT2D eigenvalue weighted by atomic mass is 10.2. The van der Waals surface area contributed by atoms with Crippen LogP contribution in [-0.2, 0) is 4.74 Å². The Labute approximate surface area is 67.1 Å². The first-order chi connectivity index (χ1) is 5.40. The molecule has 2 heterocycles. The zero-order chi connectivity index (χ0) is 7.68. The van der Waals surface area contributed by atoms with E-state index in [1.165, 1.54) is 0 Å². The lowest BCUT2D eigenvalue weighted by Gasteiger charge is -2.28. The van der Waals surface area contributed by atoms with E-state index < -0.39 is 0 Å². The first kappa shape index (κ1) is 7.25. The van der Waals surface area contributed by atoms with E-state index in [1.54, 1.807) is 0 Å². The molecule has 0 spiro atoms. The summed E-state index contributed by atoms with van der Waals surface area (Å²) in [7, 11) is 0. The molecule has 3 heteroatoms. The van der Waals surface area contributed by atoms with Gasteiger partial charge in [-0.3, -0.25) is 9.89 Å². The van der Waals surface area contributed by atoms with E-state index in [4.69, 9.17) is 4.74 Å². The highest BCUT2D eigenvalue weighted by Gasteiger charge is 2.33. The van der Waals surface area contributed by atoms with Crippen LogP contribution < -0.4 is 0 Å². The smallest absolute Gasteiger partial charge is 0.0635 e. The minimum atomic E-state index is 0.460. The van der Waals surface area contributed by atoms with Crippen LogP contribution in [0.3, 0.4) is 0 Å². The lowest BCUT2D eigenvalue weighted by molar-refractivity contribution is 0.0128. The van der Waals surface area contributed by atoms with E-state index in [9.17, 15) is 0 Å². The maximum atomic E-state index is 5.37. The molecule has 0 aliphatic carbocycles. The number of nitrogens with zero attached hydrogens (tertiary/aromatic N) is 2. The Morgan fingerprint density at radius 2 is 2.45 bits per heavy atom. The van der Waals surface area contributed by atoms with E-state index in [2.05, 4.69) is 16.6 Å². The second-order valence-corrected chi connectivity index (χ2v) is 3.30. The summed E-state index contributed by atoms with van der Waals surface area (Å²) in [5.41, 5.74) is 0. The van der Waals surface area contributed by atoms with Crippen molar-refractivity contribution in [1.82, 2.24) is 4.90 Å². The van der Waals surface area contributed by atoms with E-state index in [1.807, 2.05) is 0 Å². The van der Waals surface area contributed by atoms with Gasteiger partial charge in [0.25, 0.3) is 0 Å². The molecule has 0 aromatic rings. The van der Waals surface area contributed by atoms with Crippen LogP contribution in [0.25, 0.3) is 0 Å². The minimum absolute atomic E-state index is 0.460. The summed E-state index contributed by atoms with van der Waals surface area (Å²) in [6.45, 7) is 7.54. The van der Waals surface area contributed by atoms with Gasteiger partial charge >= 0.3 is 0 Å². The van der Waals surface area contributed by atoms with Crippen molar-refractivity contribution in [3.63, 3.8) is 0 Å². The Kier molecular flexibility index (Phi) is 1.92. The predicted molar refractivity (Wildman–Crippen MR) is 44.1 cm³/mol. The van der Waals surface area contributed by atoms with Gasteiger partial charge in [0.05, 0.1) is 19.3 Å². The molecule has 1 unspecified atom stereocenters. The number of hydrogen-bond donors (Lipinski definition) is 0. The van der Waals surface area contributed by atoms with Crippen molar-refractivity contribution in [2.75, 3.05) is 26.3 Å². The SMILES string of the molecule is C=N[C@@H]1CC2COCCN2C1. The molecule has 2 aliphatic heterocycles. The molecule has 0 bridgehead atoms. The van der Waals surface area contributed by atoms with Gasteiger partial charge in [0.15, 0.2) is 0 Å². The van der Waals surface area contributed by atoms with Crippen LogP contribution in [0.2, 0.25) is 0 Å². The first-order valence-electron chi connectivity index (χ1n) is 4.18. The zero-order valence-electron chi connectivity index (χ0n) is 6.70. The molecule has 62 valence electrons. The van der Waals surface area contributed by atoms with E-state index in [0.717, 1.165) is 32.7 Å². The third kappa shape index (κ3) is 1.30. The molecule has 0 aromatic carbocycles. The topological polar surface area (TPSA) is 24.8 Å². The van der Waals surface area contributed by atoms with Gasteiger partial charge in [-0.2, -0.15) is 0 Å². The Balaban J connectivity index is 1.97. The molecule has 2 atom stereocenters.